The predicted octanol–water partition coefficient (Wildman–Crippen LogP) is 3.94. The highest BCUT2D eigenvalue weighted by atomic mass is 35.5. The SMILES string of the molecule is CCC(C)C1CNC(C)(C)CN1Cc1ccc(Cl)cc1. The second kappa shape index (κ2) is 6.46. The molecule has 0 aromatic heterocycles. The Labute approximate surface area is 128 Å². The Hall–Kier alpha value is -0.570. The summed E-state index contributed by atoms with van der Waals surface area (Å²) in [6, 6.07) is 8.88. The summed E-state index contributed by atoms with van der Waals surface area (Å²) < 4.78 is 0. The van der Waals surface area contributed by atoms with Crippen molar-refractivity contribution in [1.29, 1.82) is 0 Å². The van der Waals surface area contributed by atoms with Crippen LogP contribution >= 0.6 is 11.6 Å². The summed E-state index contributed by atoms with van der Waals surface area (Å²) in [7, 11) is 0. The third-order valence-corrected chi connectivity index (χ3v) is 4.71. The highest BCUT2D eigenvalue weighted by molar-refractivity contribution is 6.30. The van der Waals surface area contributed by atoms with E-state index in [-0.39, 0.29) is 5.54 Å². The van der Waals surface area contributed by atoms with Crippen LogP contribution in [0.25, 0.3) is 0 Å². The van der Waals surface area contributed by atoms with Gasteiger partial charge >= 0.3 is 0 Å². The number of hydrogen-bond acceptors (Lipinski definition) is 2. The van der Waals surface area contributed by atoms with Gasteiger partial charge in [0.15, 0.2) is 0 Å². The summed E-state index contributed by atoms with van der Waals surface area (Å²) in [6.07, 6.45) is 1.23. The van der Waals surface area contributed by atoms with E-state index < -0.39 is 0 Å². The van der Waals surface area contributed by atoms with Crippen molar-refractivity contribution in [2.45, 2.75) is 52.2 Å². The molecular formula is C17H27ClN2. The number of rotatable bonds is 4. The van der Waals surface area contributed by atoms with E-state index >= 15 is 0 Å². The van der Waals surface area contributed by atoms with Crippen LogP contribution < -0.4 is 5.32 Å². The first-order valence-electron chi connectivity index (χ1n) is 7.65. The van der Waals surface area contributed by atoms with Crippen molar-refractivity contribution < 1.29 is 0 Å². The van der Waals surface area contributed by atoms with Gasteiger partial charge in [-0.2, -0.15) is 0 Å². The average molecular weight is 295 g/mol. The van der Waals surface area contributed by atoms with Gasteiger partial charge in [-0.3, -0.25) is 4.90 Å². The smallest absolute Gasteiger partial charge is 0.0406 e. The van der Waals surface area contributed by atoms with Crippen molar-refractivity contribution in [3.05, 3.63) is 34.9 Å². The van der Waals surface area contributed by atoms with Crippen LogP contribution in [0, 0.1) is 5.92 Å². The van der Waals surface area contributed by atoms with E-state index in [0.29, 0.717) is 12.0 Å². The van der Waals surface area contributed by atoms with E-state index in [2.05, 4.69) is 50.0 Å². The zero-order valence-electron chi connectivity index (χ0n) is 13.1. The van der Waals surface area contributed by atoms with Crippen molar-refractivity contribution in [2.24, 2.45) is 5.92 Å². The van der Waals surface area contributed by atoms with Gasteiger partial charge in [0.2, 0.25) is 0 Å². The molecule has 1 saturated heterocycles. The molecule has 0 aliphatic carbocycles. The summed E-state index contributed by atoms with van der Waals surface area (Å²) in [4.78, 5) is 2.63. The number of nitrogens with zero attached hydrogens (tertiary/aromatic N) is 1. The third kappa shape index (κ3) is 3.97. The molecule has 112 valence electrons. The normalized spacial score (nSPS) is 24.6. The zero-order chi connectivity index (χ0) is 14.8. The lowest BCUT2D eigenvalue weighted by molar-refractivity contribution is 0.0571. The molecule has 2 atom stereocenters. The van der Waals surface area contributed by atoms with Crippen LogP contribution in [0.2, 0.25) is 5.02 Å². The molecule has 2 nitrogen and oxygen atoms in total. The maximum absolute atomic E-state index is 5.98. The molecule has 0 radical (unpaired) electrons. The number of halogens is 1. The molecule has 2 rings (SSSR count). The topological polar surface area (TPSA) is 15.3 Å². The molecule has 1 heterocycles. The summed E-state index contributed by atoms with van der Waals surface area (Å²) >= 11 is 5.98. The average Bonchev–Trinajstić information content (AvgIpc) is 2.40. The molecule has 1 aliphatic heterocycles. The molecule has 0 saturated carbocycles. The Bertz CT molecular complexity index is 427. The number of piperazine rings is 1. The van der Waals surface area contributed by atoms with Gasteiger partial charge < -0.3 is 5.32 Å². The van der Waals surface area contributed by atoms with Gasteiger partial charge in [-0.05, 0) is 37.5 Å². The lowest BCUT2D eigenvalue weighted by Crippen LogP contribution is -2.62. The Morgan fingerprint density at radius 1 is 1.35 bits per heavy atom. The Balaban J connectivity index is 2.12. The third-order valence-electron chi connectivity index (χ3n) is 4.46. The predicted molar refractivity (Wildman–Crippen MR) is 87.2 cm³/mol. The number of hydrogen-bond donors (Lipinski definition) is 1. The lowest BCUT2D eigenvalue weighted by Gasteiger charge is -2.47. The quantitative estimate of drug-likeness (QED) is 0.905. The van der Waals surface area contributed by atoms with Crippen molar-refractivity contribution in [3.63, 3.8) is 0 Å². The van der Waals surface area contributed by atoms with Crippen molar-refractivity contribution in [2.75, 3.05) is 13.1 Å². The molecule has 20 heavy (non-hydrogen) atoms. The molecule has 0 spiro atoms. The Morgan fingerprint density at radius 3 is 2.60 bits per heavy atom. The first kappa shape index (κ1) is 15.8. The van der Waals surface area contributed by atoms with Crippen LogP contribution in [0.1, 0.15) is 39.7 Å². The van der Waals surface area contributed by atoms with Gasteiger partial charge in [0, 0.05) is 36.2 Å². The number of nitrogens with one attached hydrogen (secondary N) is 1. The fourth-order valence-electron chi connectivity index (χ4n) is 3.02. The van der Waals surface area contributed by atoms with Crippen LogP contribution in [-0.4, -0.2) is 29.6 Å². The molecule has 0 amide bonds. The fraction of sp³-hybridized carbons (Fsp3) is 0.647. The van der Waals surface area contributed by atoms with Crippen LogP contribution in [0.5, 0.6) is 0 Å². The van der Waals surface area contributed by atoms with Gasteiger partial charge in [-0.25, -0.2) is 0 Å². The molecule has 1 fully saturated rings. The largest absolute Gasteiger partial charge is 0.309 e. The standard InChI is InChI=1S/C17H27ClN2/c1-5-13(2)16-10-19-17(3,4)12-20(16)11-14-6-8-15(18)9-7-14/h6-9,13,16,19H,5,10-12H2,1-4H3. The number of benzene rings is 1. The minimum absolute atomic E-state index is 0.191. The Morgan fingerprint density at radius 2 is 2.00 bits per heavy atom. The zero-order valence-corrected chi connectivity index (χ0v) is 13.9. The van der Waals surface area contributed by atoms with Crippen LogP contribution in [0.3, 0.4) is 0 Å². The fourth-order valence-corrected chi connectivity index (χ4v) is 3.15. The maximum atomic E-state index is 5.98. The van der Waals surface area contributed by atoms with E-state index in [0.717, 1.165) is 24.7 Å². The summed E-state index contributed by atoms with van der Waals surface area (Å²) in [6.45, 7) is 12.4. The van der Waals surface area contributed by atoms with E-state index in [1.54, 1.807) is 0 Å². The summed E-state index contributed by atoms with van der Waals surface area (Å²) in [5, 5.41) is 4.50. The van der Waals surface area contributed by atoms with Crippen molar-refractivity contribution >= 4 is 11.6 Å². The summed E-state index contributed by atoms with van der Waals surface area (Å²) in [5.74, 6) is 0.714. The van der Waals surface area contributed by atoms with Crippen LogP contribution in [0.4, 0.5) is 0 Å². The molecule has 1 N–H and O–H groups in total. The van der Waals surface area contributed by atoms with E-state index in [4.69, 9.17) is 11.6 Å². The minimum Gasteiger partial charge on any atom is -0.309 e. The second-order valence-electron chi connectivity index (χ2n) is 6.75. The van der Waals surface area contributed by atoms with E-state index in [1.165, 1.54) is 12.0 Å². The Kier molecular flexibility index (Phi) is 5.11. The maximum Gasteiger partial charge on any atom is 0.0406 e. The lowest BCUT2D eigenvalue weighted by atomic mass is 9.90. The molecule has 3 heteroatoms. The monoisotopic (exact) mass is 294 g/mol. The molecule has 1 aromatic rings. The van der Waals surface area contributed by atoms with Crippen molar-refractivity contribution in [1.82, 2.24) is 10.2 Å². The van der Waals surface area contributed by atoms with Gasteiger partial charge in [0.1, 0.15) is 0 Å². The molecular weight excluding hydrogens is 268 g/mol. The van der Waals surface area contributed by atoms with Gasteiger partial charge in [-0.15, -0.1) is 0 Å². The second-order valence-corrected chi connectivity index (χ2v) is 7.19. The van der Waals surface area contributed by atoms with Gasteiger partial charge in [0.25, 0.3) is 0 Å². The van der Waals surface area contributed by atoms with Gasteiger partial charge in [0.05, 0.1) is 0 Å². The van der Waals surface area contributed by atoms with Crippen LogP contribution in [-0.2, 0) is 6.54 Å². The molecule has 1 aliphatic rings. The first-order chi connectivity index (χ1) is 9.41. The van der Waals surface area contributed by atoms with Crippen LogP contribution in [0.15, 0.2) is 24.3 Å². The van der Waals surface area contributed by atoms with E-state index in [9.17, 15) is 0 Å². The first-order valence-corrected chi connectivity index (χ1v) is 8.02. The van der Waals surface area contributed by atoms with Gasteiger partial charge in [-0.1, -0.05) is 44.0 Å². The van der Waals surface area contributed by atoms with E-state index in [1.807, 2.05) is 12.1 Å². The highest BCUT2D eigenvalue weighted by Gasteiger charge is 2.34. The minimum atomic E-state index is 0.191. The highest BCUT2D eigenvalue weighted by Crippen LogP contribution is 2.24. The molecule has 0 bridgehead atoms. The van der Waals surface area contributed by atoms with Crippen molar-refractivity contribution in [3.8, 4) is 0 Å². The molecule has 1 aromatic carbocycles. The summed E-state index contributed by atoms with van der Waals surface area (Å²) in [5.41, 5.74) is 1.54. The molecule has 2 unspecified atom stereocenters.